The van der Waals surface area contributed by atoms with Gasteiger partial charge >= 0.3 is 0 Å². The zero-order valence-electron chi connectivity index (χ0n) is 20.0. The number of hydrogen-bond donors (Lipinski definition) is 1. The molecule has 0 saturated heterocycles. The van der Waals surface area contributed by atoms with Crippen molar-refractivity contribution in [2.24, 2.45) is 10.1 Å². The van der Waals surface area contributed by atoms with Crippen molar-refractivity contribution in [1.82, 2.24) is 5.01 Å². The van der Waals surface area contributed by atoms with Crippen LogP contribution in [0.3, 0.4) is 0 Å². The molecule has 0 unspecified atom stereocenters. The van der Waals surface area contributed by atoms with E-state index < -0.39 is 5.91 Å². The summed E-state index contributed by atoms with van der Waals surface area (Å²) < 4.78 is 23.5. The second kappa shape index (κ2) is 11.6. The van der Waals surface area contributed by atoms with Gasteiger partial charge in [-0.05, 0) is 76.9 Å². The molecule has 2 aromatic carbocycles. The summed E-state index contributed by atoms with van der Waals surface area (Å²) in [6.07, 6.45) is 2.31. The van der Waals surface area contributed by atoms with Crippen molar-refractivity contribution >= 4 is 55.7 Å². The number of ether oxygens (including phenoxy) is 4. The van der Waals surface area contributed by atoms with Gasteiger partial charge in [0.15, 0.2) is 28.8 Å². The maximum absolute atomic E-state index is 12.7. The Morgan fingerprint density at radius 2 is 1.83 bits per heavy atom. The summed E-state index contributed by atoms with van der Waals surface area (Å²) in [7, 11) is 1.59. The van der Waals surface area contributed by atoms with Gasteiger partial charge in [0.05, 0.1) is 23.8 Å². The number of halogens is 1. The number of methoxy groups -OCH3 is 1. The van der Waals surface area contributed by atoms with E-state index in [0.717, 1.165) is 5.04 Å². The molecule has 1 N–H and O–H groups in total. The van der Waals surface area contributed by atoms with Crippen LogP contribution in [0.5, 0.6) is 23.0 Å². The summed E-state index contributed by atoms with van der Waals surface area (Å²) >= 11 is 4.86. The number of carbonyl (C=O) groups excluding carboxylic acids is 1. The number of nitrogens with zero attached hydrogens (tertiary/aromatic N) is 3. The summed E-state index contributed by atoms with van der Waals surface area (Å²) in [6, 6.07) is 11.0. The first-order valence-corrected chi connectivity index (χ1v) is 12.9. The van der Waals surface area contributed by atoms with Crippen molar-refractivity contribution in [1.29, 1.82) is 5.41 Å². The number of benzene rings is 2. The van der Waals surface area contributed by atoms with Crippen molar-refractivity contribution in [3.05, 3.63) is 52.0 Å². The zero-order chi connectivity index (χ0) is 25.7. The van der Waals surface area contributed by atoms with Crippen LogP contribution in [-0.2, 0) is 4.79 Å². The van der Waals surface area contributed by atoms with E-state index in [4.69, 9.17) is 24.4 Å². The van der Waals surface area contributed by atoms with Crippen LogP contribution < -0.4 is 18.9 Å². The molecule has 0 radical (unpaired) electrons. The number of fused-ring (bicyclic) bond motifs is 1. The molecule has 9 nitrogen and oxygen atoms in total. The van der Waals surface area contributed by atoms with E-state index in [0.29, 0.717) is 57.8 Å². The highest BCUT2D eigenvalue weighted by atomic mass is 79.9. The maximum Gasteiger partial charge on any atom is 0.283 e. The van der Waals surface area contributed by atoms with Gasteiger partial charge in [-0.25, -0.2) is 0 Å². The lowest BCUT2D eigenvalue weighted by Crippen LogP contribution is -2.35. The molecule has 36 heavy (non-hydrogen) atoms. The number of thioether (sulfide) groups is 1. The monoisotopic (exact) mass is 572 g/mol. The summed E-state index contributed by atoms with van der Waals surface area (Å²) in [5.41, 5.74) is 0.801. The molecule has 0 bridgehead atoms. The second-order valence-corrected chi connectivity index (χ2v) is 9.37. The van der Waals surface area contributed by atoms with E-state index in [-0.39, 0.29) is 18.0 Å². The minimum Gasteiger partial charge on any atom is -0.493 e. The van der Waals surface area contributed by atoms with Crippen molar-refractivity contribution < 1.29 is 23.7 Å². The third kappa shape index (κ3) is 5.57. The number of hydrazone groups is 1. The van der Waals surface area contributed by atoms with E-state index in [9.17, 15) is 4.79 Å². The van der Waals surface area contributed by atoms with Gasteiger partial charge in [-0.15, -0.1) is 0 Å². The Balaban J connectivity index is 1.51. The number of nitrogens with one attached hydrogen (secondary N) is 1. The molecule has 188 valence electrons. The molecular formula is C25H25BrN4O5S. The highest BCUT2D eigenvalue weighted by Gasteiger charge is 2.35. The van der Waals surface area contributed by atoms with Crippen LogP contribution in [0.1, 0.15) is 25.8 Å². The van der Waals surface area contributed by atoms with Crippen molar-refractivity contribution in [3.8, 4) is 23.0 Å². The smallest absolute Gasteiger partial charge is 0.283 e. The molecule has 0 fully saturated rings. The average molecular weight is 573 g/mol. The summed E-state index contributed by atoms with van der Waals surface area (Å²) in [5, 5.41) is 15.5. The van der Waals surface area contributed by atoms with E-state index in [2.05, 4.69) is 26.0 Å². The molecule has 0 aliphatic carbocycles. The van der Waals surface area contributed by atoms with Crippen molar-refractivity contribution in [2.45, 2.75) is 20.3 Å². The fraction of sp³-hybridized carbons (Fsp3) is 0.280. The Morgan fingerprint density at radius 1 is 1.08 bits per heavy atom. The lowest BCUT2D eigenvalue weighted by molar-refractivity contribution is -0.114. The van der Waals surface area contributed by atoms with E-state index in [1.807, 2.05) is 38.1 Å². The van der Waals surface area contributed by atoms with Crippen LogP contribution in [0.25, 0.3) is 6.08 Å². The molecule has 1 amide bonds. The van der Waals surface area contributed by atoms with Crippen LogP contribution in [0.4, 0.5) is 0 Å². The molecule has 0 saturated carbocycles. The van der Waals surface area contributed by atoms with Gasteiger partial charge in [0.1, 0.15) is 18.3 Å². The van der Waals surface area contributed by atoms with E-state index >= 15 is 0 Å². The summed E-state index contributed by atoms with van der Waals surface area (Å²) in [5.74, 6) is 1.80. The van der Waals surface area contributed by atoms with Gasteiger partial charge in [-0.3, -0.25) is 10.2 Å². The Labute approximate surface area is 221 Å². The topological polar surface area (TPSA) is 106 Å². The van der Waals surface area contributed by atoms with Crippen LogP contribution in [0.2, 0.25) is 0 Å². The molecule has 11 heteroatoms. The minimum absolute atomic E-state index is 0.0103. The summed E-state index contributed by atoms with van der Waals surface area (Å²) in [6.45, 7) is 4.82. The Morgan fingerprint density at radius 3 is 2.56 bits per heavy atom. The maximum atomic E-state index is 12.7. The average Bonchev–Trinajstić information content (AvgIpc) is 3.29. The Hall–Kier alpha value is -3.31. The molecule has 0 atom stereocenters. The molecule has 2 aliphatic heterocycles. The Bertz CT molecular complexity index is 1280. The van der Waals surface area contributed by atoms with Gasteiger partial charge in [0, 0.05) is 0 Å². The molecule has 2 heterocycles. The van der Waals surface area contributed by atoms with Crippen molar-refractivity contribution in [3.63, 3.8) is 0 Å². The SMILES string of the molecule is CCOc1cc(/C=C2/C(=N)N3N=C(CC)SC3=NC2=O)cc(Br)c1OCCOc1ccccc1OC. The van der Waals surface area contributed by atoms with Crippen LogP contribution in [0, 0.1) is 5.41 Å². The van der Waals surface area contributed by atoms with Gasteiger partial charge in [-0.2, -0.15) is 15.1 Å². The lowest BCUT2D eigenvalue weighted by Gasteiger charge is -2.20. The van der Waals surface area contributed by atoms with Gasteiger partial charge in [-0.1, -0.05) is 19.1 Å². The van der Waals surface area contributed by atoms with Crippen LogP contribution >= 0.6 is 27.7 Å². The molecule has 4 rings (SSSR count). The standard InChI is InChI=1S/C25H25BrN4O5S/c1-4-21-29-30-23(27)16(24(31)28-25(30)36-21)12-15-13-17(26)22(20(14-15)33-5-2)35-11-10-34-19-9-7-6-8-18(19)32-3/h6-9,12-14,27H,4-5,10-11H2,1-3H3/b16-12-,27-23?. The number of rotatable bonds is 10. The number of amidine groups is 2. The molecular weight excluding hydrogens is 548 g/mol. The predicted octanol–water partition coefficient (Wildman–Crippen LogP) is 5.34. The van der Waals surface area contributed by atoms with Crippen molar-refractivity contribution in [2.75, 3.05) is 26.9 Å². The molecule has 0 aromatic heterocycles. The third-order valence-corrected chi connectivity index (χ3v) is 6.74. The highest BCUT2D eigenvalue weighted by molar-refractivity contribution is 9.10. The molecule has 2 aliphatic rings. The second-order valence-electron chi connectivity index (χ2n) is 7.48. The first-order chi connectivity index (χ1) is 17.4. The van der Waals surface area contributed by atoms with E-state index in [1.54, 1.807) is 25.3 Å². The quantitative estimate of drug-likeness (QED) is 0.302. The number of amides is 1. The third-order valence-electron chi connectivity index (χ3n) is 5.10. The minimum atomic E-state index is -0.478. The number of aliphatic imine (C=N–C) groups is 1. The normalized spacial score (nSPS) is 16.0. The fourth-order valence-corrected chi connectivity index (χ4v) is 4.85. The van der Waals surface area contributed by atoms with Gasteiger partial charge < -0.3 is 18.9 Å². The largest absolute Gasteiger partial charge is 0.493 e. The lowest BCUT2D eigenvalue weighted by atomic mass is 10.1. The Kier molecular flexibility index (Phi) is 8.32. The predicted molar refractivity (Wildman–Crippen MR) is 145 cm³/mol. The fourth-order valence-electron chi connectivity index (χ4n) is 3.45. The molecule has 2 aromatic rings. The highest BCUT2D eigenvalue weighted by Crippen LogP contribution is 2.38. The van der Waals surface area contributed by atoms with Crippen LogP contribution in [0.15, 0.2) is 56.5 Å². The first kappa shape index (κ1) is 25.8. The van der Waals surface area contributed by atoms with E-state index in [1.165, 1.54) is 16.8 Å². The number of hydrogen-bond acceptors (Lipinski definition) is 8. The number of para-hydroxylation sites is 2. The zero-order valence-corrected chi connectivity index (χ0v) is 22.4. The van der Waals surface area contributed by atoms with Crippen LogP contribution in [-0.4, -0.2) is 53.9 Å². The molecule has 0 spiro atoms. The van der Waals surface area contributed by atoms with Gasteiger partial charge in [0.25, 0.3) is 5.91 Å². The number of carbonyl (C=O) groups is 1. The first-order valence-electron chi connectivity index (χ1n) is 11.3. The van der Waals surface area contributed by atoms with Gasteiger partial charge in [0.2, 0.25) is 5.17 Å². The summed E-state index contributed by atoms with van der Waals surface area (Å²) in [4.78, 5) is 16.8.